The molecule has 1 N–H and O–H groups in total. The smallest absolute Gasteiger partial charge is 0.126 e. The maximum Gasteiger partial charge on any atom is 0.126 e. The molecule has 0 spiro atoms. The summed E-state index contributed by atoms with van der Waals surface area (Å²) in [7, 11) is 0. The lowest BCUT2D eigenvalue weighted by molar-refractivity contribution is 0.438. The van der Waals surface area contributed by atoms with Crippen LogP contribution < -0.4 is 5.32 Å². The van der Waals surface area contributed by atoms with Crippen LogP contribution in [0, 0.1) is 12.7 Å². The van der Waals surface area contributed by atoms with E-state index in [2.05, 4.69) is 43.4 Å². The largest absolute Gasteiger partial charge is 0.307 e. The Bertz CT molecular complexity index is 565. The molecule has 0 saturated heterocycles. The fraction of sp³-hybridized carbons (Fsp3) is 0.368. The van der Waals surface area contributed by atoms with Gasteiger partial charge in [-0.25, -0.2) is 4.39 Å². The van der Waals surface area contributed by atoms with Crippen molar-refractivity contribution in [3.8, 4) is 0 Å². The molecule has 0 aliphatic carbocycles. The molecule has 2 rings (SSSR count). The van der Waals surface area contributed by atoms with Gasteiger partial charge in [-0.3, -0.25) is 0 Å². The molecule has 0 radical (unpaired) electrons. The van der Waals surface area contributed by atoms with Gasteiger partial charge in [-0.2, -0.15) is 0 Å². The van der Waals surface area contributed by atoms with Crippen molar-refractivity contribution in [2.45, 2.75) is 45.7 Å². The van der Waals surface area contributed by atoms with Gasteiger partial charge in [0, 0.05) is 12.1 Å². The first-order chi connectivity index (χ1) is 10.1. The van der Waals surface area contributed by atoms with E-state index in [0.717, 1.165) is 18.4 Å². The molecule has 0 aliphatic rings. The van der Waals surface area contributed by atoms with Crippen molar-refractivity contribution in [2.24, 2.45) is 0 Å². The van der Waals surface area contributed by atoms with E-state index in [4.69, 9.17) is 0 Å². The van der Waals surface area contributed by atoms with Crippen molar-refractivity contribution in [1.82, 2.24) is 5.32 Å². The number of hydrogen-bond donors (Lipinski definition) is 1. The fourth-order valence-corrected chi connectivity index (χ4v) is 2.55. The number of aryl methyl sites for hydroxylation is 1. The Balaban J connectivity index is 2.02. The molecule has 0 heterocycles. The van der Waals surface area contributed by atoms with Gasteiger partial charge in [-0.05, 0) is 49.4 Å². The van der Waals surface area contributed by atoms with Crippen LogP contribution in [0.3, 0.4) is 0 Å². The number of rotatable bonds is 6. The van der Waals surface area contributed by atoms with E-state index in [1.807, 2.05) is 18.2 Å². The highest BCUT2D eigenvalue weighted by molar-refractivity contribution is 5.25. The SMILES string of the molecule is CCC(Cc1ccccc1)NC(C)c1ccc(C)c(F)c1. The van der Waals surface area contributed by atoms with Crippen LogP contribution in [0.2, 0.25) is 0 Å². The summed E-state index contributed by atoms with van der Waals surface area (Å²) in [6.45, 7) is 6.07. The molecular formula is C19H24FN. The predicted molar refractivity (Wildman–Crippen MR) is 86.9 cm³/mol. The number of benzene rings is 2. The number of halogens is 1. The Morgan fingerprint density at radius 3 is 2.43 bits per heavy atom. The third kappa shape index (κ3) is 4.40. The molecular weight excluding hydrogens is 261 g/mol. The topological polar surface area (TPSA) is 12.0 Å². The maximum atomic E-state index is 13.7. The van der Waals surface area contributed by atoms with Crippen molar-refractivity contribution >= 4 is 0 Å². The molecule has 0 bridgehead atoms. The van der Waals surface area contributed by atoms with Crippen LogP contribution in [0.15, 0.2) is 48.5 Å². The minimum absolute atomic E-state index is 0.128. The van der Waals surface area contributed by atoms with E-state index in [1.165, 1.54) is 5.56 Å². The molecule has 0 aliphatic heterocycles. The number of hydrogen-bond acceptors (Lipinski definition) is 1. The van der Waals surface area contributed by atoms with Gasteiger partial charge in [0.1, 0.15) is 5.82 Å². The van der Waals surface area contributed by atoms with E-state index < -0.39 is 0 Å². The predicted octanol–water partition coefficient (Wildman–Crippen LogP) is 4.81. The van der Waals surface area contributed by atoms with Gasteiger partial charge in [0.25, 0.3) is 0 Å². The summed E-state index contributed by atoms with van der Waals surface area (Å²) < 4.78 is 13.7. The van der Waals surface area contributed by atoms with Crippen molar-refractivity contribution in [3.63, 3.8) is 0 Å². The summed E-state index contributed by atoms with van der Waals surface area (Å²) in [6, 6.07) is 16.5. The molecule has 1 nitrogen and oxygen atoms in total. The highest BCUT2D eigenvalue weighted by Gasteiger charge is 2.13. The van der Waals surface area contributed by atoms with Crippen LogP contribution in [0.25, 0.3) is 0 Å². The molecule has 0 fully saturated rings. The fourth-order valence-electron chi connectivity index (χ4n) is 2.55. The third-order valence-corrected chi connectivity index (χ3v) is 4.00. The van der Waals surface area contributed by atoms with E-state index >= 15 is 0 Å². The summed E-state index contributed by atoms with van der Waals surface area (Å²) in [4.78, 5) is 0. The zero-order valence-electron chi connectivity index (χ0n) is 13.1. The molecule has 21 heavy (non-hydrogen) atoms. The molecule has 0 aromatic heterocycles. The third-order valence-electron chi connectivity index (χ3n) is 4.00. The molecule has 2 unspecified atom stereocenters. The second kappa shape index (κ2) is 7.37. The summed E-state index contributed by atoms with van der Waals surface area (Å²) in [6.07, 6.45) is 2.05. The van der Waals surface area contributed by atoms with Crippen LogP contribution in [-0.4, -0.2) is 6.04 Å². The monoisotopic (exact) mass is 285 g/mol. The van der Waals surface area contributed by atoms with Crippen LogP contribution >= 0.6 is 0 Å². The Labute approximate surface area is 127 Å². The average molecular weight is 285 g/mol. The first-order valence-electron chi connectivity index (χ1n) is 7.66. The maximum absolute atomic E-state index is 13.7. The molecule has 2 aromatic rings. The van der Waals surface area contributed by atoms with Gasteiger partial charge < -0.3 is 5.32 Å². The first-order valence-corrected chi connectivity index (χ1v) is 7.66. The van der Waals surface area contributed by atoms with Gasteiger partial charge in [0.05, 0.1) is 0 Å². The summed E-state index contributed by atoms with van der Waals surface area (Å²) in [5.41, 5.74) is 3.03. The van der Waals surface area contributed by atoms with E-state index in [-0.39, 0.29) is 11.9 Å². The average Bonchev–Trinajstić information content (AvgIpc) is 2.50. The van der Waals surface area contributed by atoms with E-state index in [1.54, 1.807) is 13.0 Å². The van der Waals surface area contributed by atoms with Crippen molar-refractivity contribution in [1.29, 1.82) is 0 Å². The molecule has 2 atom stereocenters. The minimum Gasteiger partial charge on any atom is -0.307 e. The van der Waals surface area contributed by atoms with E-state index in [9.17, 15) is 4.39 Å². The Morgan fingerprint density at radius 2 is 1.81 bits per heavy atom. The molecule has 112 valence electrons. The molecule has 0 saturated carbocycles. The quantitative estimate of drug-likeness (QED) is 0.803. The zero-order valence-corrected chi connectivity index (χ0v) is 13.1. The lowest BCUT2D eigenvalue weighted by Crippen LogP contribution is -2.32. The summed E-state index contributed by atoms with van der Waals surface area (Å²) in [5.74, 6) is -0.128. The Hall–Kier alpha value is -1.67. The van der Waals surface area contributed by atoms with Gasteiger partial charge in [-0.15, -0.1) is 0 Å². The summed E-state index contributed by atoms with van der Waals surface area (Å²) in [5, 5.41) is 3.61. The normalized spacial score (nSPS) is 13.9. The van der Waals surface area contributed by atoms with Crippen molar-refractivity contribution in [2.75, 3.05) is 0 Å². The molecule has 0 amide bonds. The first kappa shape index (κ1) is 15.7. The standard InChI is InChI=1S/C19H24FN/c1-4-18(12-16-8-6-5-7-9-16)21-15(3)17-11-10-14(2)19(20)13-17/h5-11,13,15,18,21H,4,12H2,1-3H3. The molecule has 2 heteroatoms. The van der Waals surface area contributed by atoms with Crippen molar-refractivity contribution in [3.05, 3.63) is 71.0 Å². The lowest BCUT2D eigenvalue weighted by Gasteiger charge is -2.23. The second-order valence-corrected chi connectivity index (χ2v) is 5.69. The Morgan fingerprint density at radius 1 is 1.10 bits per heavy atom. The van der Waals surface area contributed by atoms with Crippen LogP contribution in [-0.2, 0) is 6.42 Å². The highest BCUT2D eigenvalue weighted by Crippen LogP contribution is 2.18. The second-order valence-electron chi connectivity index (χ2n) is 5.69. The number of nitrogens with one attached hydrogen (secondary N) is 1. The van der Waals surface area contributed by atoms with Crippen LogP contribution in [0.5, 0.6) is 0 Å². The molecule has 2 aromatic carbocycles. The Kier molecular flexibility index (Phi) is 5.51. The van der Waals surface area contributed by atoms with E-state index in [0.29, 0.717) is 11.6 Å². The van der Waals surface area contributed by atoms with Gasteiger partial charge in [0.2, 0.25) is 0 Å². The minimum atomic E-state index is -0.128. The van der Waals surface area contributed by atoms with Crippen molar-refractivity contribution < 1.29 is 4.39 Å². The summed E-state index contributed by atoms with van der Waals surface area (Å²) >= 11 is 0. The van der Waals surface area contributed by atoms with Gasteiger partial charge in [0.15, 0.2) is 0 Å². The zero-order chi connectivity index (χ0) is 15.2. The van der Waals surface area contributed by atoms with Crippen LogP contribution in [0.4, 0.5) is 4.39 Å². The highest BCUT2D eigenvalue weighted by atomic mass is 19.1. The van der Waals surface area contributed by atoms with Crippen LogP contribution in [0.1, 0.15) is 43.0 Å². The van der Waals surface area contributed by atoms with Gasteiger partial charge >= 0.3 is 0 Å². The van der Waals surface area contributed by atoms with Gasteiger partial charge in [-0.1, -0.05) is 49.4 Å². The lowest BCUT2D eigenvalue weighted by atomic mass is 10.0.